The molecule has 138 valence electrons. The maximum atomic E-state index is 12.9. The Labute approximate surface area is 170 Å². The van der Waals surface area contributed by atoms with E-state index in [2.05, 4.69) is 26.2 Å². The standard InChI is InChI=1S/C19H16BrN3O3S/c1-2-26-15-5-3-4-13(10-15)21-11-16-17(24)22-19(27)23(18(16)25)14-8-6-12(20)7-9-14/h3-11,16H,2H2,1H3,(H,22,24,27)/t16-/m0/s1. The van der Waals surface area contributed by atoms with Gasteiger partial charge in [0.2, 0.25) is 5.91 Å². The first-order chi connectivity index (χ1) is 13.0. The van der Waals surface area contributed by atoms with Crippen LogP contribution in [0.5, 0.6) is 5.75 Å². The van der Waals surface area contributed by atoms with Crippen LogP contribution < -0.4 is 15.0 Å². The number of aliphatic imine (C=N–C) groups is 1. The summed E-state index contributed by atoms with van der Waals surface area (Å²) < 4.78 is 6.30. The minimum absolute atomic E-state index is 0.0512. The van der Waals surface area contributed by atoms with Crippen LogP contribution in [0.25, 0.3) is 0 Å². The Kier molecular flexibility index (Phi) is 5.98. The predicted molar refractivity (Wildman–Crippen MR) is 112 cm³/mol. The van der Waals surface area contributed by atoms with Crippen molar-refractivity contribution in [1.82, 2.24) is 5.32 Å². The largest absolute Gasteiger partial charge is 0.494 e. The number of thiocarbonyl (C=S) groups is 1. The normalized spacial score (nSPS) is 17.3. The van der Waals surface area contributed by atoms with Gasteiger partial charge < -0.3 is 10.1 Å². The Morgan fingerprint density at radius 2 is 2.00 bits per heavy atom. The predicted octanol–water partition coefficient (Wildman–Crippen LogP) is 3.61. The topological polar surface area (TPSA) is 71.0 Å². The number of rotatable bonds is 5. The smallest absolute Gasteiger partial charge is 0.251 e. The molecular weight excluding hydrogens is 430 g/mol. The molecule has 3 rings (SSSR count). The van der Waals surface area contributed by atoms with Gasteiger partial charge in [-0.2, -0.15) is 0 Å². The Morgan fingerprint density at radius 3 is 2.70 bits per heavy atom. The van der Waals surface area contributed by atoms with Crippen molar-refractivity contribution in [3.63, 3.8) is 0 Å². The Balaban J connectivity index is 1.85. The zero-order valence-electron chi connectivity index (χ0n) is 14.4. The van der Waals surface area contributed by atoms with Gasteiger partial charge in [0, 0.05) is 16.8 Å². The molecule has 1 fully saturated rings. The van der Waals surface area contributed by atoms with Gasteiger partial charge in [0.05, 0.1) is 18.0 Å². The lowest BCUT2D eigenvalue weighted by Gasteiger charge is -2.30. The zero-order chi connectivity index (χ0) is 19.4. The van der Waals surface area contributed by atoms with Crippen molar-refractivity contribution in [3.05, 3.63) is 53.0 Å². The molecule has 1 aliphatic rings. The molecule has 2 aromatic rings. The number of benzene rings is 2. The van der Waals surface area contributed by atoms with Crippen molar-refractivity contribution in [2.24, 2.45) is 10.9 Å². The number of nitrogens with one attached hydrogen (secondary N) is 1. The van der Waals surface area contributed by atoms with Gasteiger partial charge in [0.25, 0.3) is 5.91 Å². The molecule has 1 N–H and O–H groups in total. The molecule has 1 heterocycles. The number of carbonyl (C=O) groups excluding carboxylic acids is 2. The van der Waals surface area contributed by atoms with Crippen LogP contribution in [0, 0.1) is 5.92 Å². The fraction of sp³-hybridized carbons (Fsp3) is 0.158. The Morgan fingerprint density at radius 1 is 1.26 bits per heavy atom. The summed E-state index contributed by atoms with van der Waals surface area (Å²) in [4.78, 5) is 30.7. The molecule has 0 saturated carbocycles. The van der Waals surface area contributed by atoms with Crippen molar-refractivity contribution in [2.75, 3.05) is 11.5 Å². The van der Waals surface area contributed by atoms with Gasteiger partial charge in [-0.1, -0.05) is 22.0 Å². The third-order valence-corrected chi connectivity index (χ3v) is 4.60. The molecule has 0 aromatic heterocycles. The third kappa shape index (κ3) is 4.40. The van der Waals surface area contributed by atoms with Crippen LogP contribution in [-0.4, -0.2) is 29.7 Å². The fourth-order valence-corrected chi connectivity index (χ4v) is 3.10. The maximum absolute atomic E-state index is 12.9. The van der Waals surface area contributed by atoms with E-state index in [0.29, 0.717) is 23.7 Å². The van der Waals surface area contributed by atoms with Gasteiger partial charge in [0.1, 0.15) is 5.75 Å². The molecule has 0 radical (unpaired) electrons. The number of halogens is 1. The summed E-state index contributed by atoms with van der Waals surface area (Å²) in [5, 5.41) is 2.61. The van der Waals surface area contributed by atoms with Crippen LogP contribution in [-0.2, 0) is 9.59 Å². The molecule has 6 nitrogen and oxygen atoms in total. The fourth-order valence-electron chi connectivity index (χ4n) is 2.54. The first-order valence-electron chi connectivity index (χ1n) is 8.21. The van der Waals surface area contributed by atoms with Crippen molar-refractivity contribution in [1.29, 1.82) is 0 Å². The van der Waals surface area contributed by atoms with Crippen molar-refractivity contribution in [3.8, 4) is 5.75 Å². The van der Waals surface area contributed by atoms with Crippen molar-refractivity contribution < 1.29 is 14.3 Å². The van der Waals surface area contributed by atoms with E-state index in [-0.39, 0.29) is 5.11 Å². The lowest BCUT2D eigenvalue weighted by Crippen LogP contribution is -2.58. The summed E-state index contributed by atoms with van der Waals surface area (Å²) >= 11 is 8.52. The van der Waals surface area contributed by atoms with Gasteiger partial charge >= 0.3 is 0 Å². The van der Waals surface area contributed by atoms with Gasteiger partial charge in [0.15, 0.2) is 11.0 Å². The maximum Gasteiger partial charge on any atom is 0.251 e. The zero-order valence-corrected chi connectivity index (χ0v) is 16.8. The van der Waals surface area contributed by atoms with Crippen LogP contribution >= 0.6 is 28.1 Å². The minimum atomic E-state index is -1.07. The SMILES string of the molecule is CCOc1cccc(N=C[C@H]2C(=O)NC(=S)N(c3ccc(Br)cc3)C2=O)c1. The molecule has 2 aromatic carbocycles. The molecule has 8 heteroatoms. The van der Waals surface area contributed by atoms with Crippen LogP contribution in [0.2, 0.25) is 0 Å². The van der Waals surface area contributed by atoms with E-state index in [0.717, 1.165) is 4.47 Å². The summed E-state index contributed by atoms with van der Waals surface area (Å²) in [6.45, 7) is 2.43. The van der Waals surface area contributed by atoms with E-state index < -0.39 is 17.7 Å². The van der Waals surface area contributed by atoms with E-state index in [4.69, 9.17) is 17.0 Å². The lowest BCUT2D eigenvalue weighted by molar-refractivity contribution is -0.130. The molecule has 0 unspecified atom stereocenters. The molecule has 1 atom stereocenters. The number of hydrogen-bond donors (Lipinski definition) is 1. The van der Waals surface area contributed by atoms with Gasteiger partial charge in [-0.15, -0.1) is 0 Å². The molecule has 0 aliphatic carbocycles. The van der Waals surface area contributed by atoms with E-state index in [1.165, 1.54) is 11.1 Å². The van der Waals surface area contributed by atoms with Gasteiger partial charge in [-0.05, 0) is 55.5 Å². The quantitative estimate of drug-likeness (QED) is 0.433. The molecule has 0 bridgehead atoms. The Bertz CT molecular complexity index is 915. The van der Waals surface area contributed by atoms with Crippen LogP contribution in [0.15, 0.2) is 58.0 Å². The van der Waals surface area contributed by atoms with E-state index in [1.807, 2.05) is 13.0 Å². The highest BCUT2D eigenvalue weighted by Gasteiger charge is 2.38. The van der Waals surface area contributed by atoms with Crippen molar-refractivity contribution >= 4 is 62.7 Å². The number of anilines is 1. The summed E-state index contributed by atoms with van der Waals surface area (Å²) in [5.41, 5.74) is 1.16. The lowest BCUT2D eigenvalue weighted by atomic mass is 10.1. The first kappa shape index (κ1) is 19.2. The van der Waals surface area contributed by atoms with Crippen molar-refractivity contribution in [2.45, 2.75) is 6.92 Å². The number of carbonyl (C=O) groups is 2. The first-order valence-corrected chi connectivity index (χ1v) is 9.41. The van der Waals surface area contributed by atoms with Gasteiger partial charge in [-0.3, -0.25) is 19.5 Å². The highest BCUT2D eigenvalue weighted by molar-refractivity contribution is 9.10. The second kappa shape index (κ2) is 8.41. The minimum Gasteiger partial charge on any atom is -0.494 e. The average Bonchev–Trinajstić information content (AvgIpc) is 2.63. The Hall–Kier alpha value is -2.58. The third-order valence-electron chi connectivity index (χ3n) is 3.79. The van der Waals surface area contributed by atoms with Crippen LogP contribution in [0.4, 0.5) is 11.4 Å². The molecular formula is C19H16BrN3O3S. The monoisotopic (exact) mass is 445 g/mol. The van der Waals surface area contributed by atoms with E-state index in [1.54, 1.807) is 42.5 Å². The number of nitrogens with zero attached hydrogens (tertiary/aromatic N) is 2. The van der Waals surface area contributed by atoms with E-state index >= 15 is 0 Å². The summed E-state index contributed by atoms with van der Waals surface area (Å²) in [7, 11) is 0. The van der Waals surface area contributed by atoms with E-state index in [9.17, 15) is 9.59 Å². The molecule has 27 heavy (non-hydrogen) atoms. The van der Waals surface area contributed by atoms with Crippen LogP contribution in [0.1, 0.15) is 6.92 Å². The summed E-state index contributed by atoms with van der Waals surface area (Å²) in [6.07, 6.45) is 1.33. The second-order valence-corrected chi connectivity index (χ2v) is 6.93. The highest BCUT2D eigenvalue weighted by atomic mass is 79.9. The van der Waals surface area contributed by atoms with Gasteiger partial charge in [-0.25, -0.2) is 0 Å². The van der Waals surface area contributed by atoms with Crippen LogP contribution in [0.3, 0.4) is 0 Å². The highest BCUT2D eigenvalue weighted by Crippen LogP contribution is 2.24. The number of amides is 2. The number of ether oxygens (including phenoxy) is 1. The molecule has 1 saturated heterocycles. The molecule has 0 spiro atoms. The second-order valence-electron chi connectivity index (χ2n) is 5.63. The summed E-state index contributed by atoms with van der Waals surface area (Å²) in [5.74, 6) is -1.35. The summed E-state index contributed by atoms with van der Waals surface area (Å²) in [6, 6.07) is 14.2. The number of hydrogen-bond acceptors (Lipinski definition) is 5. The molecule has 1 aliphatic heterocycles. The average molecular weight is 446 g/mol. The molecule has 2 amide bonds.